The van der Waals surface area contributed by atoms with Gasteiger partial charge in [0.1, 0.15) is 23.7 Å². The van der Waals surface area contributed by atoms with Crippen LogP contribution in [-0.4, -0.2) is 70.9 Å². The van der Waals surface area contributed by atoms with E-state index < -0.39 is 0 Å². The molecule has 3 heterocycles. The summed E-state index contributed by atoms with van der Waals surface area (Å²) in [7, 11) is 5.17. The van der Waals surface area contributed by atoms with Crippen molar-refractivity contribution in [3.05, 3.63) is 71.8 Å². The molecule has 1 unspecified atom stereocenters. The van der Waals surface area contributed by atoms with E-state index in [2.05, 4.69) is 39.4 Å². The number of hydrogen-bond donors (Lipinski definition) is 0. The molecule has 2 fully saturated rings. The van der Waals surface area contributed by atoms with Gasteiger partial charge < -0.3 is 18.9 Å². The quantitative estimate of drug-likeness (QED) is 0.578. The van der Waals surface area contributed by atoms with Crippen LogP contribution in [0.5, 0.6) is 11.5 Å². The Morgan fingerprint density at radius 1 is 1.09 bits per heavy atom. The molecule has 2 aromatic carbocycles. The number of carbonyl (C=O) groups excluding carboxylic acids is 1. The summed E-state index contributed by atoms with van der Waals surface area (Å²) in [5.74, 6) is 2.38. The van der Waals surface area contributed by atoms with Gasteiger partial charge in [-0.1, -0.05) is 30.3 Å². The molecule has 0 N–H and O–H groups in total. The van der Waals surface area contributed by atoms with Crippen molar-refractivity contribution in [1.82, 2.24) is 24.6 Å². The Balaban J connectivity index is 1.37. The van der Waals surface area contributed by atoms with Gasteiger partial charge in [-0.3, -0.25) is 9.69 Å². The Hall–Kier alpha value is -3.39. The van der Waals surface area contributed by atoms with E-state index in [4.69, 9.17) is 9.47 Å². The van der Waals surface area contributed by atoms with Crippen molar-refractivity contribution in [3.8, 4) is 11.5 Å². The summed E-state index contributed by atoms with van der Waals surface area (Å²) in [6, 6.07) is 15.8. The lowest BCUT2D eigenvalue weighted by Crippen LogP contribution is -2.61. The fraction of sp³-hybridized carbons (Fsp3) is 0.400. The second kappa shape index (κ2) is 8.51. The Morgan fingerprint density at radius 2 is 1.88 bits per heavy atom. The molecule has 1 spiro atoms. The first-order valence-corrected chi connectivity index (χ1v) is 11.1. The standard InChI is InChI=1S/C25H29N5O3/c1-28-17-26-27-23(28)21-13-29(12-18-7-5-4-6-8-18)14-25(21)15-30(16-25)24(31)20-10-9-19(32-2)11-22(20)33-3/h4-11,17,21H,12-16H2,1-3H3. The van der Waals surface area contributed by atoms with E-state index >= 15 is 0 Å². The maximum absolute atomic E-state index is 13.3. The van der Waals surface area contributed by atoms with Gasteiger partial charge in [0.2, 0.25) is 0 Å². The molecule has 3 aromatic rings. The van der Waals surface area contributed by atoms with E-state index in [1.807, 2.05) is 22.6 Å². The van der Waals surface area contributed by atoms with Gasteiger partial charge in [-0.05, 0) is 17.7 Å². The molecule has 0 bridgehead atoms. The third-order valence-electron chi connectivity index (χ3n) is 6.96. The average Bonchev–Trinajstić information content (AvgIpc) is 3.40. The molecule has 33 heavy (non-hydrogen) atoms. The van der Waals surface area contributed by atoms with Crippen LogP contribution >= 0.6 is 0 Å². The summed E-state index contributed by atoms with van der Waals surface area (Å²) in [6.45, 7) is 4.07. The number of benzene rings is 2. The van der Waals surface area contributed by atoms with Crippen LogP contribution in [0.15, 0.2) is 54.9 Å². The first-order valence-electron chi connectivity index (χ1n) is 11.1. The molecule has 0 aliphatic carbocycles. The molecule has 8 nitrogen and oxygen atoms in total. The van der Waals surface area contributed by atoms with Gasteiger partial charge in [-0.15, -0.1) is 10.2 Å². The van der Waals surface area contributed by atoms with Crippen LogP contribution in [0.1, 0.15) is 27.7 Å². The van der Waals surface area contributed by atoms with Crippen LogP contribution < -0.4 is 9.47 Å². The highest BCUT2D eigenvalue weighted by molar-refractivity contribution is 5.97. The Bertz CT molecular complexity index is 1140. The number of aryl methyl sites for hydroxylation is 1. The van der Waals surface area contributed by atoms with Crippen LogP contribution in [0.2, 0.25) is 0 Å². The number of amides is 1. The molecule has 1 atom stereocenters. The van der Waals surface area contributed by atoms with E-state index in [9.17, 15) is 4.79 Å². The zero-order valence-corrected chi connectivity index (χ0v) is 19.3. The second-order valence-corrected chi connectivity index (χ2v) is 9.10. The lowest BCUT2D eigenvalue weighted by Gasteiger charge is -2.50. The molecule has 0 radical (unpaired) electrons. The number of methoxy groups -OCH3 is 2. The molecule has 2 aliphatic rings. The van der Waals surface area contributed by atoms with Crippen molar-refractivity contribution in [2.24, 2.45) is 12.5 Å². The minimum absolute atomic E-state index is 0.0154. The van der Waals surface area contributed by atoms with Gasteiger partial charge >= 0.3 is 0 Å². The van der Waals surface area contributed by atoms with Crippen LogP contribution in [0, 0.1) is 5.41 Å². The fourth-order valence-electron chi connectivity index (χ4n) is 5.32. The number of rotatable bonds is 6. The van der Waals surface area contributed by atoms with Crippen LogP contribution in [-0.2, 0) is 13.6 Å². The van der Waals surface area contributed by atoms with E-state index in [1.165, 1.54) is 5.56 Å². The molecular weight excluding hydrogens is 418 g/mol. The molecule has 5 rings (SSSR count). The third-order valence-corrected chi connectivity index (χ3v) is 6.96. The van der Waals surface area contributed by atoms with Crippen molar-refractivity contribution >= 4 is 5.91 Å². The summed E-state index contributed by atoms with van der Waals surface area (Å²) in [5.41, 5.74) is 1.81. The number of aromatic nitrogens is 3. The summed E-state index contributed by atoms with van der Waals surface area (Å²) < 4.78 is 12.7. The predicted molar refractivity (Wildman–Crippen MR) is 123 cm³/mol. The summed E-state index contributed by atoms with van der Waals surface area (Å²) in [4.78, 5) is 17.7. The minimum atomic E-state index is -0.0368. The lowest BCUT2D eigenvalue weighted by molar-refractivity contribution is 0.00120. The Labute approximate surface area is 193 Å². The van der Waals surface area contributed by atoms with Crippen molar-refractivity contribution < 1.29 is 14.3 Å². The van der Waals surface area contributed by atoms with Gasteiger partial charge in [-0.25, -0.2) is 0 Å². The Kier molecular flexibility index (Phi) is 5.54. The van der Waals surface area contributed by atoms with Crippen LogP contribution in [0.3, 0.4) is 0 Å². The molecule has 2 saturated heterocycles. The minimum Gasteiger partial charge on any atom is -0.497 e. The van der Waals surface area contributed by atoms with Gasteiger partial charge in [0.05, 0.1) is 19.8 Å². The highest BCUT2D eigenvalue weighted by Gasteiger charge is 2.57. The topological polar surface area (TPSA) is 72.7 Å². The zero-order chi connectivity index (χ0) is 23.0. The molecule has 1 aromatic heterocycles. The SMILES string of the molecule is COc1ccc(C(=O)N2CC3(CN(Cc4ccccc4)CC3c3nncn3C)C2)c(OC)c1. The first kappa shape index (κ1) is 21.5. The highest BCUT2D eigenvalue weighted by Crippen LogP contribution is 2.49. The molecule has 2 aliphatic heterocycles. The number of ether oxygens (including phenoxy) is 2. The van der Waals surface area contributed by atoms with Gasteiger partial charge in [0, 0.05) is 57.2 Å². The third kappa shape index (κ3) is 3.84. The molecule has 172 valence electrons. The van der Waals surface area contributed by atoms with Gasteiger partial charge in [0.15, 0.2) is 0 Å². The van der Waals surface area contributed by atoms with Crippen molar-refractivity contribution in [2.45, 2.75) is 12.5 Å². The van der Waals surface area contributed by atoms with Gasteiger partial charge in [0.25, 0.3) is 5.91 Å². The van der Waals surface area contributed by atoms with Crippen molar-refractivity contribution in [3.63, 3.8) is 0 Å². The van der Waals surface area contributed by atoms with E-state index in [0.29, 0.717) is 30.2 Å². The van der Waals surface area contributed by atoms with E-state index in [1.54, 1.807) is 38.7 Å². The largest absolute Gasteiger partial charge is 0.497 e. The summed E-state index contributed by atoms with van der Waals surface area (Å²) >= 11 is 0. The molecular formula is C25H29N5O3. The monoisotopic (exact) mass is 447 g/mol. The van der Waals surface area contributed by atoms with Crippen molar-refractivity contribution in [2.75, 3.05) is 40.4 Å². The zero-order valence-electron chi connectivity index (χ0n) is 19.3. The summed E-state index contributed by atoms with van der Waals surface area (Å²) in [6.07, 6.45) is 1.76. The second-order valence-electron chi connectivity index (χ2n) is 9.10. The number of nitrogens with zero attached hydrogens (tertiary/aromatic N) is 5. The maximum atomic E-state index is 13.3. The van der Waals surface area contributed by atoms with E-state index in [-0.39, 0.29) is 17.2 Å². The number of hydrogen-bond acceptors (Lipinski definition) is 6. The Morgan fingerprint density at radius 3 is 2.55 bits per heavy atom. The maximum Gasteiger partial charge on any atom is 0.257 e. The lowest BCUT2D eigenvalue weighted by atomic mass is 9.71. The van der Waals surface area contributed by atoms with Crippen LogP contribution in [0.4, 0.5) is 0 Å². The van der Waals surface area contributed by atoms with Crippen LogP contribution in [0.25, 0.3) is 0 Å². The first-order chi connectivity index (χ1) is 16.0. The normalized spacial score (nSPS) is 19.5. The number of likely N-dealkylation sites (tertiary alicyclic amines) is 2. The predicted octanol–water partition coefficient (Wildman–Crippen LogP) is 2.57. The number of carbonyl (C=O) groups is 1. The average molecular weight is 448 g/mol. The smallest absolute Gasteiger partial charge is 0.257 e. The van der Waals surface area contributed by atoms with E-state index in [0.717, 1.165) is 25.5 Å². The molecule has 0 saturated carbocycles. The van der Waals surface area contributed by atoms with Gasteiger partial charge in [-0.2, -0.15) is 0 Å². The fourth-order valence-corrected chi connectivity index (χ4v) is 5.32. The van der Waals surface area contributed by atoms with Crippen molar-refractivity contribution in [1.29, 1.82) is 0 Å². The summed E-state index contributed by atoms with van der Waals surface area (Å²) in [5, 5.41) is 8.57. The molecule has 8 heteroatoms. The highest BCUT2D eigenvalue weighted by atomic mass is 16.5. The molecule has 1 amide bonds.